The van der Waals surface area contributed by atoms with Gasteiger partial charge in [-0.05, 0) is 62.9 Å². The molecule has 0 aromatic heterocycles. The largest absolute Gasteiger partial charge is 0.307 e. The number of hydrogen-bond donors (Lipinski definition) is 1. The number of rotatable bonds is 5. The molecule has 0 spiro atoms. The van der Waals surface area contributed by atoms with Crippen LogP contribution in [0, 0.1) is 0 Å². The second kappa shape index (κ2) is 6.46. The minimum atomic E-state index is 0.436. The molecule has 1 aliphatic heterocycles. The summed E-state index contributed by atoms with van der Waals surface area (Å²) in [4.78, 5) is 2.68. The maximum atomic E-state index is 6.12. The lowest BCUT2D eigenvalue weighted by atomic mass is 9.99. The highest BCUT2D eigenvalue weighted by molar-refractivity contribution is 6.30. The molecule has 2 fully saturated rings. The van der Waals surface area contributed by atoms with E-state index in [9.17, 15) is 0 Å². The van der Waals surface area contributed by atoms with Gasteiger partial charge in [0.05, 0.1) is 0 Å². The van der Waals surface area contributed by atoms with E-state index in [1.165, 1.54) is 44.3 Å². The summed E-state index contributed by atoms with van der Waals surface area (Å²) in [7, 11) is 0. The van der Waals surface area contributed by atoms with E-state index in [4.69, 9.17) is 11.6 Å². The number of hydrogen-bond acceptors (Lipinski definition) is 2. The number of halogens is 1. The normalized spacial score (nSPS) is 22.9. The van der Waals surface area contributed by atoms with Crippen LogP contribution in [0.5, 0.6) is 0 Å². The molecule has 3 rings (SSSR count). The van der Waals surface area contributed by atoms with Crippen LogP contribution in [-0.4, -0.2) is 30.1 Å². The summed E-state index contributed by atoms with van der Waals surface area (Å²) in [6, 6.07) is 10.3. The monoisotopic (exact) mass is 292 g/mol. The van der Waals surface area contributed by atoms with Crippen molar-refractivity contribution in [2.75, 3.05) is 13.1 Å². The predicted molar refractivity (Wildman–Crippen MR) is 85.2 cm³/mol. The van der Waals surface area contributed by atoms with Crippen LogP contribution in [0.2, 0.25) is 5.02 Å². The highest BCUT2D eigenvalue weighted by Gasteiger charge is 2.32. The van der Waals surface area contributed by atoms with Crippen molar-refractivity contribution < 1.29 is 0 Å². The van der Waals surface area contributed by atoms with E-state index in [0.29, 0.717) is 12.1 Å². The van der Waals surface area contributed by atoms with Gasteiger partial charge in [-0.2, -0.15) is 0 Å². The number of piperidine rings is 1. The van der Waals surface area contributed by atoms with Crippen LogP contribution >= 0.6 is 11.6 Å². The molecule has 1 N–H and O–H groups in total. The molecule has 110 valence electrons. The van der Waals surface area contributed by atoms with Crippen LogP contribution in [0.3, 0.4) is 0 Å². The van der Waals surface area contributed by atoms with Crippen LogP contribution in [0.4, 0.5) is 0 Å². The average molecular weight is 293 g/mol. The second-order valence-corrected chi connectivity index (χ2v) is 6.66. The first kappa shape index (κ1) is 14.4. The quantitative estimate of drug-likeness (QED) is 0.882. The van der Waals surface area contributed by atoms with Crippen molar-refractivity contribution in [2.24, 2.45) is 0 Å². The highest BCUT2D eigenvalue weighted by atomic mass is 35.5. The van der Waals surface area contributed by atoms with E-state index in [1.54, 1.807) is 0 Å². The molecule has 1 heterocycles. The lowest BCUT2D eigenvalue weighted by Gasteiger charge is -2.34. The summed E-state index contributed by atoms with van der Waals surface area (Å²) >= 11 is 6.12. The molecule has 1 aliphatic carbocycles. The van der Waals surface area contributed by atoms with E-state index in [2.05, 4.69) is 35.3 Å². The van der Waals surface area contributed by atoms with Crippen LogP contribution in [0.15, 0.2) is 24.3 Å². The molecule has 1 unspecified atom stereocenters. The number of nitrogens with one attached hydrogen (secondary N) is 1. The molecule has 2 aliphatic rings. The van der Waals surface area contributed by atoms with E-state index < -0.39 is 0 Å². The smallest absolute Gasteiger partial charge is 0.0409 e. The van der Waals surface area contributed by atoms with Crippen molar-refractivity contribution in [3.8, 4) is 0 Å². The van der Waals surface area contributed by atoms with Crippen LogP contribution in [-0.2, 0) is 0 Å². The maximum Gasteiger partial charge on any atom is 0.0409 e. The SMILES string of the molecule is CCC(NC1CCN(C2CC2)CC1)c1cccc(Cl)c1. The van der Waals surface area contributed by atoms with Gasteiger partial charge >= 0.3 is 0 Å². The Morgan fingerprint density at radius 3 is 2.60 bits per heavy atom. The zero-order valence-electron chi connectivity index (χ0n) is 12.3. The van der Waals surface area contributed by atoms with Gasteiger partial charge in [0, 0.05) is 23.1 Å². The van der Waals surface area contributed by atoms with Gasteiger partial charge in [0.15, 0.2) is 0 Å². The van der Waals surface area contributed by atoms with Crippen molar-refractivity contribution in [2.45, 2.75) is 57.2 Å². The van der Waals surface area contributed by atoms with Crippen molar-refractivity contribution in [3.05, 3.63) is 34.9 Å². The topological polar surface area (TPSA) is 15.3 Å². The van der Waals surface area contributed by atoms with Gasteiger partial charge in [-0.1, -0.05) is 30.7 Å². The molecule has 0 bridgehead atoms. The van der Waals surface area contributed by atoms with E-state index >= 15 is 0 Å². The zero-order chi connectivity index (χ0) is 13.9. The third kappa shape index (κ3) is 3.55. The summed E-state index contributed by atoms with van der Waals surface area (Å²) in [5, 5.41) is 4.68. The number of likely N-dealkylation sites (tertiary alicyclic amines) is 1. The Balaban J connectivity index is 1.55. The maximum absolute atomic E-state index is 6.12. The van der Waals surface area contributed by atoms with Crippen molar-refractivity contribution >= 4 is 11.6 Å². The molecule has 3 heteroatoms. The molecular formula is C17H25ClN2. The number of benzene rings is 1. The van der Waals surface area contributed by atoms with E-state index in [1.807, 2.05) is 6.07 Å². The number of nitrogens with zero attached hydrogens (tertiary/aromatic N) is 1. The van der Waals surface area contributed by atoms with Gasteiger partial charge in [0.25, 0.3) is 0 Å². The Morgan fingerprint density at radius 2 is 2.00 bits per heavy atom. The van der Waals surface area contributed by atoms with Crippen molar-refractivity contribution in [1.29, 1.82) is 0 Å². The minimum Gasteiger partial charge on any atom is -0.307 e. The van der Waals surface area contributed by atoms with Gasteiger partial charge < -0.3 is 10.2 Å². The summed E-state index contributed by atoms with van der Waals surface area (Å²) in [5.41, 5.74) is 1.32. The Kier molecular flexibility index (Phi) is 4.65. The molecule has 1 atom stereocenters. The Morgan fingerprint density at radius 1 is 1.25 bits per heavy atom. The van der Waals surface area contributed by atoms with Crippen molar-refractivity contribution in [3.63, 3.8) is 0 Å². The van der Waals surface area contributed by atoms with Gasteiger partial charge in [0.1, 0.15) is 0 Å². The van der Waals surface area contributed by atoms with Crippen molar-refractivity contribution in [1.82, 2.24) is 10.2 Å². The molecule has 1 saturated carbocycles. The second-order valence-electron chi connectivity index (χ2n) is 6.22. The molecule has 0 amide bonds. The summed E-state index contributed by atoms with van der Waals surface area (Å²) in [6.45, 7) is 4.79. The van der Waals surface area contributed by atoms with Gasteiger partial charge in [-0.25, -0.2) is 0 Å². The Hall–Kier alpha value is -0.570. The van der Waals surface area contributed by atoms with Crippen LogP contribution < -0.4 is 5.32 Å². The fourth-order valence-electron chi connectivity index (χ4n) is 3.33. The Bertz CT molecular complexity index is 436. The molecule has 2 nitrogen and oxygen atoms in total. The van der Waals surface area contributed by atoms with Gasteiger partial charge in [0.2, 0.25) is 0 Å². The summed E-state index contributed by atoms with van der Waals surface area (Å²) in [6.07, 6.45) is 6.54. The fraction of sp³-hybridized carbons (Fsp3) is 0.647. The Labute approximate surface area is 127 Å². The third-order valence-corrected chi connectivity index (χ3v) is 4.92. The van der Waals surface area contributed by atoms with Gasteiger partial charge in [-0.3, -0.25) is 0 Å². The van der Waals surface area contributed by atoms with E-state index in [0.717, 1.165) is 17.5 Å². The fourth-order valence-corrected chi connectivity index (χ4v) is 3.53. The average Bonchev–Trinajstić information content (AvgIpc) is 3.30. The lowest BCUT2D eigenvalue weighted by Crippen LogP contribution is -2.44. The molecule has 20 heavy (non-hydrogen) atoms. The van der Waals surface area contributed by atoms with Crippen LogP contribution in [0.1, 0.15) is 50.6 Å². The molecule has 1 aromatic rings. The highest BCUT2D eigenvalue weighted by Crippen LogP contribution is 2.30. The summed E-state index contributed by atoms with van der Waals surface area (Å²) in [5.74, 6) is 0. The molecular weight excluding hydrogens is 268 g/mol. The lowest BCUT2D eigenvalue weighted by molar-refractivity contribution is 0.182. The first-order chi connectivity index (χ1) is 9.76. The molecule has 1 saturated heterocycles. The molecule has 1 aromatic carbocycles. The van der Waals surface area contributed by atoms with Crippen LogP contribution in [0.25, 0.3) is 0 Å². The zero-order valence-corrected chi connectivity index (χ0v) is 13.1. The van der Waals surface area contributed by atoms with Gasteiger partial charge in [-0.15, -0.1) is 0 Å². The third-order valence-electron chi connectivity index (χ3n) is 4.69. The first-order valence-electron chi connectivity index (χ1n) is 8.02. The summed E-state index contributed by atoms with van der Waals surface area (Å²) < 4.78 is 0. The minimum absolute atomic E-state index is 0.436. The first-order valence-corrected chi connectivity index (χ1v) is 8.39. The predicted octanol–water partition coefficient (Wildman–Crippen LogP) is 4.01. The standard InChI is InChI=1S/C17H25ClN2/c1-2-17(13-4-3-5-14(18)12-13)19-15-8-10-20(11-9-15)16-6-7-16/h3-5,12,15-17,19H,2,6-11H2,1H3. The molecule has 0 radical (unpaired) electrons. The van der Waals surface area contributed by atoms with E-state index in [-0.39, 0.29) is 0 Å².